The number of hydrogen-bond acceptors (Lipinski definition) is 52. The molecule has 134 heavy (non-hydrogen) atoms. The molecule has 5 heterocycles. The van der Waals surface area contributed by atoms with Gasteiger partial charge in [-0.1, -0.05) is 0 Å². The monoisotopic (exact) mass is 1870 g/mol. The quantitative estimate of drug-likeness (QED) is 0.0527. The minimum atomic E-state index is -3.09. The van der Waals surface area contributed by atoms with Crippen LogP contribution < -0.4 is 4.74 Å². The SMILES string of the molecule is O=C(OC1[C@@H]2OC(=O)c3cc(O)c(O)c(O)c3-c3c(cc(O)c(O)c3O)C(=O)OCC2O[C@H](OC(=O)c2cc(O)c(O)c(Oc3c(C(=O)O[C@H]4OC5COC(=O)c6cc(O)c(O)c(O)c6-c6c(cc(O)c(O)c6O)C(=O)O[C@H]5[C@@H]5OC(=O)c6cc(O)c(O)c(O)c6-c6c(cc(O)c(O)c6O)C(=O)OC45)cc(O)c(O)c3O)c2)[C@@H]1OC(=O)c1cc(O)c(O)c(O)c1)c1cc(O)c(O)c(O)c1. The number of phenols is 29. The third-order valence-corrected chi connectivity index (χ3v) is 21.0. The first-order chi connectivity index (χ1) is 63.1. The fourth-order valence-electron chi connectivity index (χ4n) is 14.5. The largest absolute Gasteiger partial charge is 0.504 e. The van der Waals surface area contributed by atoms with Crippen molar-refractivity contribution in [3.8, 4) is 212 Å². The molecule has 52 heteroatoms. The summed E-state index contributed by atoms with van der Waals surface area (Å²) in [6.45, 7) is -3.13. The lowest BCUT2D eigenvalue weighted by atomic mass is 9.91. The van der Waals surface area contributed by atoms with E-state index in [2.05, 4.69) is 0 Å². The molecule has 0 bridgehead atoms. The van der Waals surface area contributed by atoms with Crippen LogP contribution in [0.15, 0.2) is 78.9 Å². The van der Waals surface area contributed by atoms with Crippen molar-refractivity contribution in [1.29, 1.82) is 0 Å². The minimum Gasteiger partial charge on any atom is -0.504 e. The predicted molar refractivity (Wildman–Crippen MR) is 414 cm³/mol. The van der Waals surface area contributed by atoms with Crippen LogP contribution in [-0.4, -0.2) is 282 Å². The van der Waals surface area contributed by atoms with Gasteiger partial charge in [0.05, 0.1) is 50.1 Å². The second kappa shape index (κ2) is 32.9. The Hall–Kier alpha value is -19.2. The Balaban J connectivity index is 0.839. The average Bonchev–Trinajstić information content (AvgIpc) is 1.15. The zero-order chi connectivity index (χ0) is 97.5. The molecular formula is C82H56O52. The van der Waals surface area contributed by atoms with Crippen LogP contribution in [0.25, 0.3) is 33.4 Å². The maximum absolute atomic E-state index is 15.4. The van der Waals surface area contributed by atoms with Crippen LogP contribution in [0.5, 0.6) is 178 Å². The number of cyclic esters (lactones) is 2. The molecule has 0 radical (unpaired) electrons. The molecule has 4 unspecified atom stereocenters. The summed E-state index contributed by atoms with van der Waals surface area (Å²) in [6, 6.07) is 3.87. The van der Waals surface area contributed by atoms with E-state index in [0.717, 1.165) is 0 Å². The molecule has 10 aromatic rings. The smallest absolute Gasteiger partial charge is 0.344 e. The van der Waals surface area contributed by atoms with E-state index in [9.17, 15) is 172 Å². The van der Waals surface area contributed by atoms with Crippen molar-refractivity contribution in [3.63, 3.8) is 0 Å². The molecule has 0 saturated carbocycles. The third kappa shape index (κ3) is 15.0. The van der Waals surface area contributed by atoms with Crippen LogP contribution in [0.2, 0.25) is 0 Å². The average molecular weight is 1870 g/mol. The third-order valence-electron chi connectivity index (χ3n) is 21.0. The van der Waals surface area contributed by atoms with Gasteiger partial charge in [-0.05, 0) is 72.8 Å². The van der Waals surface area contributed by atoms with Gasteiger partial charge in [-0.3, -0.25) is 0 Å². The summed E-state index contributed by atoms with van der Waals surface area (Å²) < 4.78 is 74.5. The summed E-state index contributed by atoms with van der Waals surface area (Å²) in [5.41, 5.74) is -20.1. The van der Waals surface area contributed by atoms with Crippen LogP contribution in [0.4, 0.5) is 0 Å². The van der Waals surface area contributed by atoms with Crippen LogP contribution >= 0.6 is 0 Å². The van der Waals surface area contributed by atoms with Crippen molar-refractivity contribution >= 4 is 59.7 Å². The number of esters is 10. The lowest BCUT2D eigenvalue weighted by Gasteiger charge is -2.44. The second-order valence-corrected chi connectivity index (χ2v) is 29.0. The second-order valence-electron chi connectivity index (χ2n) is 29.0. The van der Waals surface area contributed by atoms with Gasteiger partial charge in [0, 0.05) is 39.4 Å². The highest BCUT2D eigenvalue weighted by atomic mass is 16.8. The number of carbonyl (C=O) groups excluding carboxylic acids is 10. The van der Waals surface area contributed by atoms with Gasteiger partial charge in [0.1, 0.15) is 31.0 Å². The molecule has 2 fully saturated rings. The number of carbonyl (C=O) groups is 10. The molecule has 0 aromatic heterocycles. The topological polar surface area (TPSA) is 877 Å². The molecule has 29 N–H and O–H groups in total. The van der Waals surface area contributed by atoms with Crippen LogP contribution in [0.1, 0.15) is 104 Å². The number of phenolic OH excluding ortho intramolecular Hbond substituents is 29. The Morgan fingerprint density at radius 1 is 0.246 bits per heavy atom. The van der Waals surface area contributed by atoms with E-state index in [0.29, 0.717) is 36.4 Å². The van der Waals surface area contributed by atoms with Gasteiger partial charge in [0.15, 0.2) is 151 Å². The minimum absolute atomic E-state index is 0.108. The highest BCUT2D eigenvalue weighted by Gasteiger charge is 2.59. The summed E-state index contributed by atoms with van der Waals surface area (Å²) >= 11 is 0. The van der Waals surface area contributed by atoms with E-state index >= 15 is 24.0 Å². The number of ether oxygens (including phenoxy) is 13. The number of fused-ring (bicyclic) bond motifs is 13. The van der Waals surface area contributed by atoms with Gasteiger partial charge in [-0.2, -0.15) is 0 Å². The molecule has 52 nitrogen and oxygen atoms in total. The molecule has 0 amide bonds. The zero-order valence-corrected chi connectivity index (χ0v) is 65.6. The Bertz CT molecular complexity index is 6820. The molecule has 15 rings (SSSR count). The molecule has 696 valence electrons. The number of benzene rings is 10. The molecule has 5 aliphatic heterocycles. The summed E-state index contributed by atoms with van der Waals surface area (Å²) in [6.07, 6.45) is -28.5. The van der Waals surface area contributed by atoms with E-state index < -0.39 is 402 Å². The molecule has 10 aromatic carbocycles. The summed E-state index contributed by atoms with van der Waals surface area (Å²) in [4.78, 5) is 149. The lowest BCUT2D eigenvalue weighted by molar-refractivity contribution is -0.283. The first kappa shape index (κ1) is 89.6. The van der Waals surface area contributed by atoms with E-state index in [1.807, 2.05) is 0 Å². The normalized spacial score (nSPS) is 19.6. The van der Waals surface area contributed by atoms with Gasteiger partial charge >= 0.3 is 59.7 Å². The van der Waals surface area contributed by atoms with Crippen molar-refractivity contribution in [2.45, 2.75) is 61.4 Å². The van der Waals surface area contributed by atoms with Crippen LogP contribution in [-0.2, 0) is 56.8 Å². The Labute approximate surface area is 735 Å². The van der Waals surface area contributed by atoms with Crippen LogP contribution in [0, 0.1) is 0 Å². The van der Waals surface area contributed by atoms with Crippen molar-refractivity contribution in [2.75, 3.05) is 13.2 Å². The van der Waals surface area contributed by atoms with Crippen LogP contribution in [0.3, 0.4) is 0 Å². The van der Waals surface area contributed by atoms with Crippen molar-refractivity contribution < 1.29 is 258 Å². The number of aromatic hydroxyl groups is 29. The summed E-state index contributed by atoms with van der Waals surface area (Å²) in [5.74, 6) is -66.9. The fraction of sp³-hybridized carbons (Fsp3) is 0.146. The fourth-order valence-corrected chi connectivity index (χ4v) is 14.5. The molecule has 0 aliphatic carbocycles. The summed E-state index contributed by atoms with van der Waals surface area (Å²) in [7, 11) is 0. The van der Waals surface area contributed by atoms with Crippen molar-refractivity contribution in [2.24, 2.45) is 0 Å². The van der Waals surface area contributed by atoms with Gasteiger partial charge in [0.25, 0.3) is 0 Å². The molecule has 10 atom stereocenters. The molecule has 5 aliphatic rings. The first-order valence-electron chi connectivity index (χ1n) is 37.1. The van der Waals surface area contributed by atoms with Gasteiger partial charge in [0.2, 0.25) is 76.5 Å². The van der Waals surface area contributed by atoms with Gasteiger partial charge < -0.3 is 210 Å². The first-order valence-corrected chi connectivity index (χ1v) is 37.1. The van der Waals surface area contributed by atoms with Crippen molar-refractivity contribution in [3.05, 3.63) is 134 Å². The Kier molecular flexibility index (Phi) is 22.0. The zero-order valence-electron chi connectivity index (χ0n) is 65.6. The molecule has 0 spiro atoms. The highest BCUT2D eigenvalue weighted by Crippen LogP contribution is 2.59. The Morgan fingerprint density at radius 3 is 0.888 bits per heavy atom. The standard InChI is InChI=1S/C82H56O52/c83-26-1-16(2-27(84)47(26)95)71(112)129-67-65-39(14-122-74(115)19-7-31(88)50(98)57(105)41(19)43-21(76(117)127-65)9-33(90)52(100)59(43)107)125-81(69(67)131-72(113)17-3-28(85)48(96)29(86)4-17)133-73(114)18-5-30(87)49(97)38(6-18)124-64-25(13-37(94)56(104)63(64)111)80(121)134-82-70-68(130-78(119)23-11-35(92)54(102)61(109)45(23)46-24(79(120)132-70)12-36(93)55(103)62(46)110)66-40(126-82)15-123-75(116)20-8-32(89)51(99)58(106)42(20)44-22(77(118)128-66)10-34(91)53(101)60(44)108/h1-13,39-40,65-70,81-111H,14-15H2/t39?,40?,65-,66-,67?,68+,69-,70?,81-,82-/m1/s1. The van der Waals surface area contributed by atoms with E-state index in [-0.39, 0.29) is 42.5 Å². The molecular weight excluding hydrogens is 1820 g/mol. The van der Waals surface area contributed by atoms with E-state index in [1.54, 1.807) is 0 Å². The Morgan fingerprint density at radius 2 is 0.515 bits per heavy atom. The number of rotatable bonds is 10. The van der Waals surface area contributed by atoms with Gasteiger partial charge in [-0.15, -0.1) is 0 Å². The van der Waals surface area contributed by atoms with E-state index in [4.69, 9.17) is 61.6 Å². The predicted octanol–water partition coefficient (Wildman–Crippen LogP) is 3.71. The van der Waals surface area contributed by atoms with Crippen molar-refractivity contribution in [1.82, 2.24) is 0 Å². The number of hydrogen-bond donors (Lipinski definition) is 29. The summed E-state index contributed by atoms with van der Waals surface area (Å²) in [5, 5.41) is 318. The highest BCUT2D eigenvalue weighted by molar-refractivity contribution is 6.12. The maximum Gasteiger partial charge on any atom is 0.344 e. The van der Waals surface area contributed by atoms with E-state index in [1.165, 1.54) is 0 Å². The molecule has 2 saturated heterocycles. The van der Waals surface area contributed by atoms with Gasteiger partial charge in [-0.25, -0.2) is 47.9 Å². The maximum atomic E-state index is 15.4. The lowest BCUT2D eigenvalue weighted by Crippen LogP contribution is -2.63.